The van der Waals surface area contributed by atoms with E-state index < -0.39 is 15.9 Å². The maximum atomic E-state index is 12.4. The van der Waals surface area contributed by atoms with Gasteiger partial charge in [-0.15, -0.1) is 0 Å². The van der Waals surface area contributed by atoms with Crippen LogP contribution < -0.4 is 9.62 Å². The lowest BCUT2D eigenvalue weighted by molar-refractivity contribution is 0.0981. The molecule has 0 spiro atoms. The molecule has 0 aromatic heterocycles. The van der Waals surface area contributed by atoms with Crippen molar-refractivity contribution in [2.45, 2.75) is 4.90 Å². The Morgan fingerprint density at radius 3 is 2.32 bits per heavy atom. The van der Waals surface area contributed by atoms with Crippen LogP contribution in [-0.2, 0) is 14.8 Å². The van der Waals surface area contributed by atoms with E-state index in [0.717, 1.165) is 18.8 Å². The molecular weight excluding hydrogens is 408 g/mol. The van der Waals surface area contributed by atoms with Crippen LogP contribution in [0.5, 0.6) is 0 Å². The Bertz CT molecular complexity index is 862. The second-order valence-corrected chi connectivity index (χ2v) is 8.02. The molecule has 132 valence electrons. The van der Waals surface area contributed by atoms with Gasteiger partial charge in [0.25, 0.3) is 15.9 Å². The van der Waals surface area contributed by atoms with Crippen molar-refractivity contribution in [2.75, 3.05) is 31.2 Å². The highest BCUT2D eigenvalue weighted by molar-refractivity contribution is 9.10. The van der Waals surface area contributed by atoms with Gasteiger partial charge in [0, 0.05) is 28.8 Å². The van der Waals surface area contributed by atoms with Gasteiger partial charge in [0.1, 0.15) is 4.90 Å². The Morgan fingerprint density at radius 1 is 1.04 bits per heavy atom. The summed E-state index contributed by atoms with van der Waals surface area (Å²) in [6, 6.07) is 13.2. The number of benzene rings is 2. The first kappa shape index (κ1) is 17.9. The summed E-state index contributed by atoms with van der Waals surface area (Å²) in [6.07, 6.45) is 0. The molecule has 0 atom stereocenters. The number of hydrogen-bond donors (Lipinski definition) is 1. The van der Waals surface area contributed by atoms with Crippen molar-refractivity contribution in [1.82, 2.24) is 4.72 Å². The standard InChI is InChI=1S/C17H17BrN2O4S/c18-15-3-1-2-4-16(15)25(22,23)19-17(21)13-5-7-14(8-6-13)20-9-11-24-12-10-20/h1-8H,9-12H2,(H,19,21). The molecule has 1 N–H and O–H groups in total. The highest BCUT2D eigenvalue weighted by Crippen LogP contribution is 2.21. The van der Waals surface area contributed by atoms with Crippen molar-refractivity contribution in [3.8, 4) is 0 Å². The molecular formula is C17H17BrN2O4S. The van der Waals surface area contributed by atoms with Gasteiger partial charge in [-0.05, 0) is 52.3 Å². The molecule has 0 saturated carbocycles. The third kappa shape index (κ3) is 4.20. The number of ether oxygens (including phenoxy) is 1. The Hall–Kier alpha value is -1.90. The number of sulfonamides is 1. The average Bonchev–Trinajstić information content (AvgIpc) is 2.62. The molecule has 1 amide bonds. The van der Waals surface area contributed by atoms with E-state index >= 15 is 0 Å². The number of morpholine rings is 1. The fraction of sp³-hybridized carbons (Fsp3) is 0.235. The van der Waals surface area contributed by atoms with Gasteiger partial charge in [0.05, 0.1) is 13.2 Å². The highest BCUT2D eigenvalue weighted by atomic mass is 79.9. The summed E-state index contributed by atoms with van der Waals surface area (Å²) in [5.74, 6) is -0.663. The quantitative estimate of drug-likeness (QED) is 0.815. The van der Waals surface area contributed by atoms with Crippen LogP contribution in [0.4, 0.5) is 5.69 Å². The van der Waals surface area contributed by atoms with E-state index in [0.29, 0.717) is 17.7 Å². The molecule has 0 radical (unpaired) electrons. The van der Waals surface area contributed by atoms with Crippen molar-refractivity contribution in [2.24, 2.45) is 0 Å². The molecule has 0 bridgehead atoms. The summed E-state index contributed by atoms with van der Waals surface area (Å²) in [4.78, 5) is 14.5. The highest BCUT2D eigenvalue weighted by Gasteiger charge is 2.21. The lowest BCUT2D eigenvalue weighted by atomic mass is 10.2. The molecule has 25 heavy (non-hydrogen) atoms. The van der Waals surface area contributed by atoms with Crippen LogP contribution in [-0.4, -0.2) is 40.6 Å². The zero-order valence-corrected chi connectivity index (χ0v) is 15.7. The zero-order chi connectivity index (χ0) is 17.9. The van der Waals surface area contributed by atoms with E-state index in [2.05, 4.69) is 25.6 Å². The molecule has 0 unspecified atom stereocenters. The van der Waals surface area contributed by atoms with E-state index in [1.54, 1.807) is 30.3 Å². The van der Waals surface area contributed by atoms with Crippen LogP contribution in [0.25, 0.3) is 0 Å². The van der Waals surface area contributed by atoms with E-state index in [4.69, 9.17) is 4.74 Å². The SMILES string of the molecule is O=C(NS(=O)(=O)c1ccccc1Br)c1ccc(N2CCOCC2)cc1. The minimum absolute atomic E-state index is 0.0216. The summed E-state index contributed by atoms with van der Waals surface area (Å²) >= 11 is 3.19. The third-order valence-corrected chi connectivity index (χ3v) is 6.20. The first-order valence-electron chi connectivity index (χ1n) is 7.72. The largest absolute Gasteiger partial charge is 0.378 e. The normalized spacial score (nSPS) is 15.0. The average molecular weight is 425 g/mol. The molecule has 2 aromatic rings. The lowest BCUT2D eigenvalue weighted by Gasteiger charge is -2.28. The first-order valence-corrected chi connectivity index (χ1v) is 9.99. The maximum absolute atomic E-state index is 12.4. The lowest BCUT2D eigenvalue weighted by Crippen LogP contribution is -2.36. The fourth-order valence-electron chi connectivity index (χ4n) is 2.54. The molecule has 2 aromatic carbocycles. The summed E-state index contributed by atoms with van der Waals surface area (Å²) in [6.45, 7) is 2.93. The molecule has 6 nitrogen and oxygen atoms in total. The molecule has 8 heteroatoms. The van der Waals surface area contributed by atoms with Crippen LogP contribution in [0.1, 0.15) is 10.4 Å². The van der Waals surface area contributed by atoms with Gasteiger partial charge < -0.3 is 9.64 Å². The van der Waals surface area contributed by atoms with Crippen LogP contribution >= 0.6 is 15.9 Å². The molecule has 1 saturated heterocycles. The van der Waals surface area contributed by atoms with Gasteiger partial charge in [0.15, 0.2) is 0 Å². The Kier molecular flexibility index (Phi) is 5.41. The molecule has 1 aliphatic heterocycles. The number of hydrogen-bond acceptors (Lipinski definition) is 5. The Balaban J connectivity index is 1.74. The van der Waals surface area contributed by atoms with Gasteiger partial charge in [-0.3, -0.25) is 4.79 Å². The minimum atomic E-state index is -3.94. The van der Waals surface area contributed by atoms with Gasteiger partial charge in [-0.1, -0.05) is 12.1 Å². The van der Waals surface area contributed by atoms with Gasteiger partial charge in [-0.2, -0.15) is 0 Å². The second kappa shape index (κ2) is 7.55. The number of nitrogens with one attached hydrogen (secondary N) is 1. The first-order chi connectivity index (χ1) is 12.0. The Morgan fingerprint density at radius 2 is 1.68 bits per heavy atom. The maximum Gasteiger partial charge on any atom is 0.265 e. The van der Waals surface area contributed by atoms with Crippen molar-refractivity contribution < 1.29 is 17.9 Å². The molecule has 1 aliphatic rings. The van der Waals surface area contributed by atoms with Crippen LogP contribution in [0.2, 0.25) is 0 Å². The predicted molar refractivity (Wildman–Crippen MR) is 98.3 cm³/mol. The number of anilines is 1. The molecule has 1 heterocycles. The monoisotopic (exact) mass is 424 g/mol. The molecule has 0 aliphatic carbocycles. The van der Waals surface area contributed by atoms with Crippen LogP contribution in [0.3, 0.4) is 0 Å². The molecule has 1 fully saturated rings. The van der Waals surface area contributed by atoms with Crippen molar-refractivity contribution in [3.63, 3.8) is 0 Å². The van der Waals surface area contributed by atoms with E-state index in [1.165, 1.54) is 6.07 Å². The third-order valence-electron chi connectivity index (χ3n) is 3.86. The van der Waals surface area contributed by atoms with Gasteiger partial charge in [-0.25, -0.2) is 13.1 Å². The van der Waals surface area contributed by atoms with Crippen LogP contribution in [0.15, 0.2) is 57.9 Å². The van der Waals surface area contributed by atoms with Crippen LogP contribution in [0, 0.1) is 0 Å². The van der Waals surface area contributed by atoms with E-state index in [1.807, 2.05) is 12.1 Å². The molecule has 3 rings (SSSR count). The van der Waals surface area contributed by atoms with Gasteiger partial charge >= 0.3 is 0 Å². The minimum Gasteiger partial charge on any atom is -0.378 e. The van der Waals surface area contributed by atoms with Crippen molar-refractivity contribution in [1.29, 1.82) is 0 Å². The van der Waals surface area contributed by atoms with E-state index in [9.17, 15) is 13.2 Å². The summed E-state index contributed by atoms with van der Waals surface area (Å²) in [5, 5.41) is 0. The number of carbonyl (C=O) groups excluding carboxylic acids is 1. The zero-order valence-electron chi connectivity index (χ0n) is 13.3. The summed E-state index contributed by atoms with van der Waals surface area (Å²) in [5.41, 5.74) is 1.26. The predicted octanol–water partition coefficient (Wildman–Crippen LogP) is 2.40. The number of halogens is 1. The second-order valence-electron chi connectivity index (χ2n) is 5.51. The number of nitrogens with zero attached hydrogens (tertiary/aromatic N) is 1. The summed E-state index contributed by atoms with van der Waals surface area (Å²) in [7, 11) is -3.94. The number of carbonyl (C=O) groups is 1. The Labute approximate surface area is 155 Å². The van der Waals surface area contributed by atoms with Gasteiger partial charge in [0.2, 0.25) is 0 Å². The van der Waals surface area contributed by atoms with Crippen molar-refractivity contribution >= 4 is 37.5 Å². The fourth-order valence-corrected chi connectivity index (χ4v) is 4.52. The van der Waals surface area contributed by atoms with E-state index in [-0.39, 0.29) is 10.5 Å². The number of rotatable bonds is 4. The summed E-state index contributed by atoms with van der Waals surface area (Å²) < 4.78 is 32.5. The van der Waals surface area contributed by atoms with Crippen molar-refractivity contribution in [3.05, 3.63) is 58.6 Å². The topological polar surface area (TPSA) is 75.7 Å². The number of amides is 1. The smallest absolute Gasteiger partial charge is 0.265 e.